The van der Waals surface area contributed by atoms with Crippen molar-refractivity contribution in [2.24, 2.45) is 5.16 Å². The number of hydrogen-bond acceptors (Lipinski definition) is 2. The summed E-state index contributed by atoms with van der Waals surface area (Å²) >= 11 is 0. The van der Waals surface area contributed by atoms with Crippen LogP contribution in [0.4, 0.5) is 13.2 Å². The molecular formula is C23H26F3NO. The van der Waals surface area contributed by atoms with E-state index in [1.54, 1.807) is 0 Å². The molecule has 28 heavy (non-hydrogen) atoms. The normalized spacial score (nSPS) is 18.6. The van der Waals surface area contributed by atoms with Crippen molar-refractivity contribution in [3.05, 3.63) is 69.8 Å². The zero-order valence-corrected chi connectivity index (χ0v) is 16.9. The van der Waals surface area contributed by atoms with E-state index in [1.807, 2.05) is 6.92 Å². The minimum Gasteiger partial charge on any atom is -0.410 e. The first-order valence-electron chi connectivity index (χ1n) is 9.42. The number of rotatable bonds is 2. The molecule has 0 radical (unpaired) electrons. The van der Waals surface area contributed by atoms with Crippen molar-refractivity contribution in [2.45, 2.75) is 64.5 Å². The first-order chi connectivity index (χ1) is 12.9. The molecule has 1 N–H and O–H groups in total. The third kappa shape index (κ3) is 3.54. The molecule has 5 heteroatoms. The Labute approximate surface area is 164 Å². The maximum atomic E-state index is 12.9. The Morgan fingerprint density at radius 1 is 0.929 bits per heavy atom. The third-order valence-corrected chi connectivity index (χ3v) is 6.04. The topological polar surface area (TPSA) is 32.6 Å². The number of nitrogens with zero attached hydrogens (tertiary/aromatic N) is 1. The van der Waals surface area contributed by atoms with Crippen LogP contribution in [0, 0.1) is 6.92 Å². The Bertz CT molecular complexity index is 922. The van der Waals surface area contributed by atoms with E-state index in [-0.39, 0.29) is 16.5 Å². The number of halogens is 3. The monoisotopic (exact) mass is 389 g/mol. The van der Waals surface area contributed by atoms with Gasteiger partial charge in [-0.2, -0.15) is 13.2 Å². The Morgan fingerprint density at radius 2 is 1.43 bits per heavy atom. The van der Waals surface area contributed by atoms with Gasteiger partial charge in [0.15, 0.2) is 0 Å². The maximum Gasteiger partial charge on any atom is 0.416 e. The molecule has 2 aromatic carbocycles. The van der Waals surface area contributed by atoms with Crippen LogP contribution in [0.15, 0.2) is 41.6 Å². The molecule has 0 heterocycles. The highest BCUT2D eigenvalue weighted by molar-refractivity contribution is 6.13. The van der Waals surface area contributed by atoms with Crippen molar-refractivity contribution in [1.82, 2.24) is 0 Å². The van der Waals surface area contributed by atoms with Crippen LogP contribution >= 0.6 is 0 Å². The summed E-state index contributed by atoms with van der Waals surface area (Å²) in [6, 6.07) is 8.93. The van der Waals surface area contributed by atoms with Crippen molar-refractivity contribution >= 4 is 5.71 Å². The molecule has 0 saturated heterocycles. The number of hydrogen-bond donors (Lipinski definition) is 1. The summed E-state index contributed by atoms with van der Waals surface area (Å²) in [7, 11) is 0. The summed E-state index contributed by atoms with van der Waals surface area (Å²) in [6.45, 7) is 10.8. The van der Waals surface area contributed by atoms with Gasteiger partial charge in [-0.05, 0) is 65.5 Å². The molecule has 0 amide bonds. The highest BCUT2D eigenvalue weighted by Gasteiger charge is 2.38. The Hall–Kier alpha value is -2.30. The molecule has 0 bridgehead atoms. The van der Waals surface area contributed by atoms with Gasteiger partial charge < -0.3 is 5.21 Å². The molecule has 0 saturated carbocycles. The van der Waals surface area contributed by atoms with E-state index in [9.17, 15) is 18.4 Å². The summed E-state index contributed by atoms with van der Waals surface area (Å²) in [4.78, 5) is 0. The van der Waals surface area contributed by atoms with Crippen LogP contribution in [0.2, 0.25) is 0 Å². The van der Waals surface area contributed by atoms with Gasteiger partial charge in [-0.1, -0.05) is 51.0 Å². The van der Waals surface area contributed by atoms with Crippen molar-refractivity contribution in [3.63, 3.8) is 0 Å². The standard InChI is InChI=1S/C23H26F3NO/c1-14-12-18-19(22(4,5)11-10-21(18,2)3)13-17(14)20(27-28)15-6-8-16(9-7-15)23(24,25)26/h6-9,12-13,28H,10-11H2,1-5H3/b27-20+. The number of fused-ring (bicyclic) bond motifs is 1. The average Bonchev–Trinajstić information content (AvgIpc) is 2.60. The summed E-state index contributed by atoms with van der Waals surface area (Å²) in [5, 5.41) is 13.1. The third-order valence-electron chi connectivity index (χ3n) is 6.04. The molecule has 0 spiro atoms. The van der Waals surface area contributed by atoms with Crippen LogP contribution < -0.4 is 0 Å². The van der Waals surface area contributed by atoms with Gasteiger partial charge in [0.25, 0.3) is 0 Å². The van der Waals surface area contributed by atoms with E-state index in [0.717, 1.165) is 36.1 Å². The zero-order valence-electron chi connectivity index (χ0n) is 16.9. The SMILES string of the molecule is Cc1cc2c(cc1/C(=N/O)c1ccc(C(F)(F)F)cc1)C(C)(C)CCC2(C)C. The van der Waals surface area contributed by atoms with Crippen molar-refractivity contribution in [2.75, 3.05) is 0 Å². The minimum absolute atomic E-state index is 0.0198. The molecule has 0 aromatic heterocycles. The summed E-state index contributed by atoms with van der Waals surface area (Å²) < 4.78 is 38.6. The fraction of sp³-hybridized carbons (Fsp3) is 0.435. The Morgan fingerprint density at radius 3 is 1.89 bits per heavy atom. The van der Waals surface area contributed by atoms with E-state index < -0.39 is 11.7 Å². The van der Waals surface area contributed by atoms with Gasteiger partial charge in [0.1, 0.15) is 5.71 Å². The molecular weight excluding hydrogens is 363 g/mol. The van der Waals surface area contributed by atoms with Gasteiger partial charge in [0.05, 0.1) is 5.56 Å². The fourth-order valence-electron chi connectivity index (χ4n) is 4.06. The summed E-state index contributed by atoms with van der Waals surface area (Å²) in [5.41, 5.74) is 4.22. The largest absolute Gasteiger partial charge is 0.416 e. The van der Waals surface area contributed by atoms with E-state index in [1.165, 1.54) is 23.3 Å². The van der Waals surface area contributed by atoms with Crippen LogP contribution in [0.25, 0.3) is 0 Å². The predicted octanol–water partition coefficient (Wildman–Crippen LogP) is 6.59. The van der Waals surface area contributed by atoms with E-state index in [2.05, 4.69) is 45.0 Å². The predicted molar refractivity (Wildman–Crippen MR) is 105 cm³/mol. The highest BCUT2D eigenvalue weighted by atomic mass is 19.4. The number of aryl methyl sites for hydroxylation is 1. The van der Waals surface area contributed by atoms with Crippen LogP contribution in [0.1, 0.15) is 73.9 Å². The summed E-state index contributed by atoms with van der Waals surface area (Å²) in [5.74, 6) is 0. The lowest BCUT2D eigenvalue weighted by Gasteiger charge is -2.42. The molecule has 3 rings (SSSR count). The minimum atomic E-state index is -4.40. The molecule has 2 aromatic rings. The van der Waals surface area contributed by atoms with Gasteiger partial charge >= 0.3 is 6.18 Å². The molecule has 150 valence electrons. The fourth-order valence-corrected chi connectivity index (χ4v) is 4.06. The molecule has 2 nitrogen and oxygen atoms in total. The molecule has 1 aliphatic carbocycles. The summed E-state index contributed by atoms with van der Waals surface area (Å²) in [6.07, 6.45) is -2.26. The van der Waals surface area contributed by atoms with Gasteiger partial charge in [-0.25, -0.2) is 0 Å². The van der Waals surface area contributed by atoms with Crippen molar-refractivity contribution < 1.29 is 18.4 Å². The second-order valence-electron chi connectivity index (χ2n) is 9.00. The van der Waals surface area contributed by atoms with Crippen LogP contribution in [-0.2, 0) is 17.0 Å². The van der Waals surface area contributed by atoms with Gasteiger partial charge in [-0.3, -0.25) is 0 Å². The maximum absolute atomic E-state index is 12.9. The van der Waals surface area contributed by atoms with E-state index >= 15 is 0 Å². The molecule has 0 aliphatic heterocycles. The van der Waals surface area contributed by atoms with Crippen LogP contribution in [-0.4, -0.2) is 10.9 Å². The Balaban J connectivity index is 2.12. The number of oxime groups is 1. The van der Waals surface area contributed by atoms with Gasteiger partial charge in [-0.15, -0.1) is 0 Å². The van der Waals surface area contributed by atoms with Crippen molar-refractivity contribution in [3.8, 4) is 0 Å². The Kier molecular flexibility index (Phi) is 4.85. The molecule has 0 atom stereocenters. The smallest absolute Gasteiger partial charge is 0.410 e. The average molecular weight is 389 g/mol. The molecule has 0 fully saturated rings. The molecule has 0 unspecified atom stereocenters. The first-order valence-corrected chi connectivity index (χ1v) is 9.42. The van der Waals surface area contributed by atoms with E-state index in [0.29, 0.717) is 5.56 Å². The van der Waals surface area contributed by atoms with Crippen LogP contribution in [0.3, 0.4) is 0 Å². The van der Waals surface area contributed by atoms with Gasteiger partial charge in [0, 0.05) is 11.1 Å². The van der Waals surface area contributed by atoms with E-state index in [4.69, 9.17) is 0 Å². The first kappa shape index (κ1) is 20.4. The molecule has 1 aliphatic rings. The van der Waals surface area contributed by atoms with Crippen molar-refractivity contribution in [1.29, 1.82) is 0 Å². The zero-order chi connectivity index (χ0) is 20.9. The highest BCUT2D eigenvalue weighted by Crippen LogP contribution is 2.46. The lowest BCUT2D eigenvalue weighted by Crippen LogP contribution is -2.34. The quantitative estimate of drug-likeness (QED) is 0.351. The van der Waals surface area contributed by atoms with Crippen LogP contribution in [0.5, 0.6) is 0 Å². The van der Waals surface area contributed by atoms with Gasteiger partial charge in [0.2, 0.25) is 0 Å². The number of alkyl halides is 3. The lowest BCUT2D eigenvalue weighted by molar-refractivity contribution is -0.137. The second kappa shape index (κ2) is 6.64. The second-order valence-corrected chi connectivity index (χ2v) is 9.00. The number of benzene rings is 2. The lowest BCUT2D eigenvalue weighted by atomic mass is 9.62.